The third-order valence-corrected chi connectivity index (χ3v) is 4.57. The molecule has 0 N–H and O–H groups in total. The molecular formula is C26H26O. The molecule has 0 spiro atoms. The number of benzene rings is 3. The monoisotopic (exact) mass is 354 g/mol. The van der Waals surface area contributed by atoms with Crippen molar-refractivity contribution in [1.82, 2.24) is 0 Å². The SMILES string of the molecule is C=CCCOCc1ccc(-c2ccc(-c3ccc(CC=C)cc3)cc2)cc1. The summed E-state index contributed by atoms with van der Waals surface area (Å²) in [6.07, 6.45) is 5.61. The van der Waals surface area contributed by atoms with Gasteiger partial charge in [-0.3, -0.25) is 0 Å². The minimum absolute atomic E-state index is 0.648. The standard InChI is InChI=1S/C26H26O/c1-3-5-19-27-20-22-9-13-24(14-10-22)26-17-15-25(16-18-26)23-11-7-21(6-4-2)8-12-23/h3-4,7-18H,1-2,5-6,19-20H2. The van der Waals surface area contributed by atoms with Crippen molar-refractivity contribution in [2.75, 3.05) is 6.61 Å². The zero-order chi connectivity index (χ0) is 18.9. The highest BCUT2D eigenvalue weighted by Crippen LogP contribution is 2.25. The molecule has 0 saturated carbocycles. The van der Waals surface area contributed by atoms with Crippen molar-refractivity contribution in [2.45, 2.75) is 19.4 Å². The summed E-state index contributed by atoms with van der Waals surface area (Å²) < 4.78 is 5.62. The molecule has 0 bridgehead atoms. The first-order chi connectivity index (χ1) is 13.3. The molecule has 0 saturated heterocycles. The lowest BCUT2D eigenvalue weighted by Gasteiger charge is -2.07. The molecular weight excluding hydrogens is 328 g/mol. The zero-order valence-electron chi connectivity index (χ0n) is 15.7. The molecule has 0 fully saturated rings. The van der Waals surface area contributed by atoms with Crippen molar-refractivity contribution in [3.63, 3.8) is 0 Å². The fourth-order valence-electron chi connectivity index (χ4n) is 3.01. The van der Waals surface area contributed by atoms with Crippen LogP contribution in [0, 0.1) is 0 Å². The maximum absolute atomic E-state index is 5.62. The summed E-state index contributed by atoms with van der Waals surface area (Å²) in [6.45, 7) is 8.87. The topological polar surface area (TPSA) is 9.23 Å². The Bertz CT molecular complexity index is 856. The molecule has 0 unspecified atom stereocenters. The first-order valence-corrected chi connectivity index (χ1v) is 9.38. The predicted molar refractivity (Wildman–Crippen MR) is 116 cm³/mol. The van der Waals surface area contributed by atoms with Gasteiger partial charge in [-0.2, -0.15) is 0 Å². The van der Waals surface area contributed by atoms with E-state index in [-0.39, 0.29) is 0 Å². The minimum atomic E-state index is 0.648. The molecule has 0 aliphatic heterocycles. The van der Waals surface area contributed by atoms with Crippen LogP contribution in [0.3, 0.4) is 0 Å². The Kier molecular flexibility index (Phi) is 6.78. The van der Waals surface area contributed by atoms with Crippen molar-refractivity contribution in [2.24, 2.45) is 0 Å². The normalized spacial score (nSPS) is 10.5. The van der Waals surface area contributed by atoms with Crippen LogP contribution in [0.15, 0.2) is 98.1 Å². The van der Waals surface area contributed by atoms with E-state index in [1.165, 1.54) is 33.4 Å². The van der Waals surface area contributed by atoms with Gasteiger partial charge in [0.25, 0.3) is 0 Å². The fourth-order valence-corrected chi connectivity index (χ4v) is 3.01. The van der Waals surface area contributed by atoms with Gasteiger partial charge < -0.3 is 4.74 Å². The molecule has 0 aliphatic carbocycles. The maximum Gasteiger partial charge on any atom is 0.0717 e. The van der Waals surface area contributed by atoms with E-state index in [0.717, 1.165) is 19.4 Å². The number of allylic oxidation sites excluding steroid dienone is 1. The Morgan fingerprint density at radius 3 is 1.48 bits per heavy atom. The molecule has 136 valence electrons. The molecule has 1 heteroatoms. The third kappa shape index (κ3) is 5.29. The van der Waals surface area contributed by atoms with Gasteiger partial charge in [-0.25, -0.2) is 0 Å². The molecule has 0 heterocycles. The van der Waals surface area contributed by atoms with E-state index < -0.39 is 0 Å². The van der Waals surface area contributed by atoms with Gasteiger partial charge in [-0.1, -0.05) is 84.9 Å². The zero-order valence-corrected chi connectivity index (χ0v) is 15.7. The molecule has 0 amide bonds. The van der Waals surface area contributed by atoms with Gasteiger partial charge in [0.2, 0.25) is 0 Å². The van der Waals surface area contributed by atoms with E-state index in [4.69, 9.17) is 4.74 Å². The molecule has 3 aromatic carbocycles. The summed E-state index contributed by atoms with van der Waals surface area (Å²) in [6, 6.07) is 26.0. The highest BCUT2D eigenvalue weighted by Gasteiger charge is 2.02. The Labute approximate surface area is 162 Å². The van der Waals surface area contributed by atoms with Crippen molar-refractivity contribution in [3.05, 3.63) is 109 Å². The van der Waals surface area contributed by atoms with Gasteiger partial charge in [0.1, 0.15) is 0 Å². The lowest BCUT2D eigenvalue weighted by Crippen LogP contribution is -1.94. The summed E-state index contributed by atoms with van der Waals surface area (Å²) in [5.74, 6) is 0. The summed E-state index contributed by atoms with van der Waals surface area (Å²) in [5.41, 5.74) is 7.40. The largest absolute Gasteiger partial charge is 0.376 e. The van der Waals surface area contributed by atoms with Crippen molar-refractivity contribution in [1.29, 1.82) is 0 Å². The van der Waals surface area contributed by atoms with Gasteiger partial charge in [-0.05, 0) is 46.2 Å². The molecule has 0 aliphatic rings. The van der Waals surface area contributed by atoms with E-state index in [1.807, 2.05) is 12.2 Å². The molecule has 0 aromatic heterocycles. The molecule has 3 rings (SSSR count). The van der Waals surface area contributed by atoms with Crippen LogP contribution >= 0.6 is 0 Å². The first-order valence-electron chi connectivity index (χ1n) is 9.38. The molecule has 1 nitrogen and oxygen atoms in total. The number of hydrogen-bond acceptors (Lipinski definition) is 1. The second-order valence-electron chi connectivity index (χ2n) is 6.59. The van der Waals surface area contributed by atoms with E-state index in [9.17, 15) is 0 Å². The lowest BCUT2D eigenvalue weighted by atomic mass is 9.99. The van der Waals surface area contributed by atoms with E-state index in [2.05, 4.69) is 86.0 Å². The Morgan fingerprint density at radius 2 is 1.04 bits per heavy atom. The van der Waals surface area contributed by atoms with E-state index >= 15 is 0 Å². The van der Waals surface area contributed by atoms with Crippen LogP contribution < -0.4 is 0 Å². The van der Waals surface area contributed by atoms with Crippen molar-refractivity contribution >= 4 is 0 Å². The van der Waals surface area contributed by atoms with Crippen LogP contribution in [-0.2, 0) is 17.8 Å². The van der Waals surface area contributed by atoms with E-state index in [0.29, 0.717) is 6.61 Å². The predicted octanol–water partition coefficient (Wildman–Crippen LogP) is 6.84. The Hall–Kier alpha value is -2.90. The second-order valence-corrected chi connectivity index (χ2v) is 6.59. The van der Waals surface area contributed by atoms with Crippen molar-refractivity contribution < 1.29 is 4.74 Å². The lowest BCUT2D eigenvalue weighted by molar-refractivity contribution is 0.125. The second kappa shape index (κ2) is 9.70. The Balaban J connectivity index is 1.66. The highest BCUT2D eigenvalue weighted by atomic mass is 16.5. The first kappa shape index (κ1) is 18.9. The average Bonchev–Trinajstić information content (AvgIpc) is 2.73. The van der Waals surface area contributed by atoms with Crippen LogP contribution in [-0.4, -0.2) is 6.61 Å². The third-order valence-electron chi connectivity index (χ3n) is 4.57. The maximum atomic E-state index is 5.62. The minimum Gasteiger partial charge on any atom is -0.376 e. The van der Waals surface area contributed by atoms with Crippen LogP contribution in [0.25, 0.3) is 22.3 Å². The van der Waals surface area contributed by atoms with Gasteiger partial charge in [-0.15, -0.1) is 13.2 Å². The quantitative estimate of drug-likeness (QED) is 0.302. The van der Waals surface area contributed by atoms with Gasteiger partial charge >= 0.3 is 0 Å². The molecule has 0 atom stereocenters. The highest BCUT2D eigenvalue weighted by molar-refractivity contribution is 5.70. The number of ether oxygens (including phenoxy) is 1. The van der Waals surface area contributed by atoms with Crippen LogP contribution in [0.4, 0.5) is 0 Å². The molecule has 3 aromatic rings. The summed E-state index contributed by atoms with van der Waals surface area (Å²) >= 11 is 0. The van der Waals surface area contributed by atoms with Crippen LogP contribution in [0.1, 0.15) is 17.5 Å². The van der Waals surface area contributed by atoms with E-state index in [1.54, 1.807) is 0 Å². The van der Waals surface area contributed by atoms with Gasteiger partial charge in [0.15, 0.2) is 0 Å². The molecule has 27 heavy (non-hydrogen) atoms. The average molecular weight is 354 g/mol. The number of hydrogen-bond donors (Lipinski definition) is 0. The smallest absolute Gasteiger partial charge is 0.0717 e. The van der Waals surface area contributed by atoms with Gasteiger partial charge in [0.05, 0.1) is 13.2 Å². The van der Waals surface area contributed by atoms with Crippen LogP contribution in [0.5, 0.6) is 0 Å². The fraction of sp³-hybridized carbons (Fsp3) is 0.154. The van der Waals surface area contributed by atoms with Gasteiger partial charge in [0, 0.05) is 0 Å². The summed E-state index contributed by atoms with van der Waals surface area (Å²) in [5, 5.41) is 0. The number of rotatable bonds is 9. The Morgan fingerprint density at radius 1 is 0.593 bits per heavy atom. The molecule has 0 radical (unpaired) electrons. The van der Waals surface area contributed by atoms with Crippen molar-refractivity contribution in [3.8, 4) is 22.3 Å². The summed E-state index contributed by atoms with van der Waals surface area (Å²) in [7, 11) is 0. The van der Waals surface area contributed by atoms with Crippen LogP contribution in [0.2, 0.25) is 0 Å². The summed E-state index contributed by atoms with van der Waals surface area (Å²) in [4.78, 5) is 0.